The molecule has 1 aliphatic rings. The van der Waals surface area contributed by atoms with Crippen LogP contribution < -0.4 is 11.1 Å². The Labute approximate surface area is 107 Å². The molecule has 98 valence electrons. The van der Waals surface area contributed by atoms with Crippen LogP contribution in [0.2, 0.25) is 0 Å². The first-order chi connectivity index (χ1) is 8.48. The fraction of sp³-hybridized carbons (Fsp3) is 0.500. The lowest BCUT2D eigenvalue weighted by Gasteiger charge is -2.22. The molecular formula is C14H20N2O2. The molecule has 0 saturated heterocycles. The summed E-state index contributed by atoms with van der Waals surface area (Å²) in [6.07, 6.45) is 4.39. The third kappa shape index (κ3) is 3.01. The van der Waals surface area contributed by atoms with Crippen LogP contribution in [0.3, 0.4) is 0 Å². The van der Waals surface area contributed by atoms with Crippen LogP contribution in [0.15, 0.2) is 18.2 Å². The number of phenolic OH excluding ortho intramolecular Hbond substituents is 1. The zero-order valence-electron chi connectivity index (χ0n) is 10.7. The predicted octanol–water partition coefficient (Wildman–Crippen LogP) is 2.30. The summed E-state index contributed by atoms with van der Waals surface area (Å²) in [5.74, 6) is 0.110. The van der Waals surface area contributed by atoms with E-state index in [4.69, 9.17) is 5.73 Å². The third-order valence-electron chi connectivity index (χ3n) is 3.60. The van der Waals surface area contributed by atoms with Crippen LogP contribution >= 0.6 is 0 Å². The molecule has 0 atom stereocenters. The van der Waals surface area contributed by atoms with Crippen LogP contribution in [0.1, 0.15) is 37.7 Å². The van der Waals surface area contributed by atoms with Gasteiger partial charge in [-0.05, 0) is 31.4 Å². The normalized spacial score (nSPS) is 17.7. The van der Waals surface area contributed by atoms with Gasteiger partial charge in [0, 0.05) is 23.7 Å². The molecule has 0 aromatic heterocycles. The average molecular weight is 248 g/mol. The van der Waals surface area contributed by atoms with Crippen molar-refractivity contribution < 1.29 is 9.90 Å². The number of amides is 1. The Morgan fingerprint density at radius 1 is 1.44 bits per heavy atom. The first kappa shape index (κ1) is 12.9. The van der Waals surface area contributed by atoms with Gasteiger partial charge in [0.1, 0.15) is 5.75 Å². The number of hydrogen-bond donors (Lipinski definition) is 3. The molecule has 0 radical (unpaired) electrons. The zero-order chi connectivity index (χ0) is 13.2. The SMILES string of the molecule is Cc1ccc(NC(=O)CC2(N)CCCC2)cc1O. The maximum atomic E-state index is 11.9. The highest BCUT2D eigenvalue weighted by Crippen LogP contribution is 2.30. The molecule has 0 aliphatic heterocycles. The van der Waals surface area contributed by atoms with Gasteiger partial charge < -0.3 is 16.2 Å². The van der Waals surface area contributed by atoms with E-state index in [1.165, 1.54) is 0 Å². The number of carbonyl (C=O) groups is 1. The van der Waals surface area contributed by atoms with Crippen molar-refractivity contribution in [3.63, 3.8) is 0 Å². The monoisotopic (exact) mass is 248 g/mol. The summed E-state index contributed by atoms with van der Waals surface area (Å²) in [7, 11) is 0. The van der Waals surface area contributed by atoms with Gasteiger partial charge in [0.15, 0.2) is 0 Å². The molecule has 1 amide bonds. The lowest BCUT2D eigenvalue weighted by molar-refractivity contribution is -0.117. The number of nitrogens with one attached hydrogen (secondary N) is 1. The van der Waals surface area contributed by atoms with Gasteiger partial charge in [0.25, 0.3) is 0 Å². The number of anilines is 1. The molecule has 4 nitrogen and oxygen atoms in total. The Morgan fingerprint density at radius 3 is 2.72 bits per heavy atom. The van der Waals surface area contributed by atoms with Gasteiger partial charge >= 0.3 is 0 Å². The van der Waals surface area contributed by atoms with Crippen molar-refractivity contribution in [2.24, 2.45) is 5.73 Å². The van der Waals surface area contributed by atoms with Crippen LogP contribution in [-0.4, -0.2) is 16.6 Å². The maximum Gasteiger partial charge on any atom is 0.226 e. The Hall–Kier alpha value is -1.55. The van der Waals surface area contributed by atoms with Crippen LogP contribution in [-0.2, 0) is 4.79 Å². The molecule has 0 unspecified atom stereocenters. The summed E-state index contributed by atoms with van der Waals surface area (Å²) in [5, 5.41) is 12.4. The van der Waals surface area contributed by atoms with Crippen LogP contribution in [0, 0.1) is 6.92 Å². The summed E-state index contributed by atoms with van der Waals surface area (Å²) in [4.78, 5) is 11.9. The van der Waals surface area contributed by atoms with Crippen molar-refractivity contribution in [3.8, 4) is 5.75 Å². The van der Waals surface area contributed by atoms with Crippen molar-refractivity contribution in [2.45, 2.75) is 44.6 Å². The second kappa shape index (κ2) is 4.98. The summed E-state index contributed by atoms with van der Waals surface area (Å²) < 4.78 is 0. The highest BCUT2D eigenvalue weighted by atomic mass is 16.3. The van der Waals surface area contributed by atoms with E-state index in [9.17, 15) is 9.90 Å². The van der Waals surface area contributed by atoms with Crippen molar-refractivity contribution in [1.82, 2.24) is 0 Å². The van der Waals surface area contributed by atoms with Crippen LogP contribution in [0.25, 0.3) is 0 Å². The molecule has 1 aromatic carbocycles. The van der Waals surface area contributed by atoms with E-state index in [-0.39, 0.29) is 17.2 Å². The van der Waals surface area contributed by atoms with E-state index in [0.717, 1.165) is 31.2 Å². The number of aryl methyl sites for hydroxylation is 1. The lowest BCUT2D eigenvalue weighted by atomic mass is 9.94. The fourth-order valence-corrected chi connectivity index (χ4v) is 2.47. The van der Waals surface area contributed by atoms with Crippen molar-refractivity contribution >= 4 is 11.6 Å². The highest BCUT2D eigenvalue weighted by Gasteiger charge is 2.31. The zero-order valence-corrected chi connectivity index (χ0v) is 10.7. The Morgan fingerprint density at radius 2 is 2.11 bits per heavy atom. The number of benzene rings is 1. The van der Waals surface area contributed by atoms with E-state index in [2.05, 4.69) is 5.32 Å². The van der Waals surface area contributed by atoms with Crippen molar-refractivity contribution in [2.75, 3.05) is 5.32 Å². The highest BCUT2D eigenvalue weighted by molar-refractivity contribution is 5.91. The minimum atomic E-state index is -0.336. The molecule has 2 rings (SSSR count). The van der Waals surface area contributed by atoms with Crippen molar-refractivity contribution in [3.05, 3.63) is 23.8 Å². The molecule has 1 saturated carbocycles. The van der Waals surface area contributed by atoms with Crippen LogP contribution in [0.4, 0.5) is 5.69 Å². The average Bonchev–Trinajstić information content (AvgIpc) is 2.70. The molecular weight excluding hydrogens is 228 g/mol. The Bertz CT molecular complexity index is 451. The minimum Gasteiger partial charge on any atom is -0.508 e. The smallest absolute Gasteiger partial charge is 0.226 e. The maximum absolute atomic E-state index is 11.9. The van der Waals surface area contributed by atoms with Gasteiger partial charge in [0.2, 0.25) is 5.91 Å². The van der Waals surface area contributed by atoms with Gasteiger partial charge in [-0.25, -0.2) is 0 Å². The van der Waals surface area contributed by atoms with Gasteiger partial charge in [0.05, 0.1) is 0 Å². The Kier molecular flexibility index (Phi) is 3.57. The number of rotatable bonds is 3. The molecule has 0 bridgehead atoms. The second-order valence-electron chi connectivity index (χ2n) is 5.30. The fourth-order valence-electron chi connectivity index (χ4n) is 2.47. The summed E-state index contributed by atoms with van der Waals surface area (Å²) in [5.41, 5.74) is 7.23. The number of carbonyl (C=O) groups excluding carboxylic acids is 1. The largest absolute Gasteiger partial charge is 0.508 e. The van der Waals surface area contributed by atoms with Crippen LogP contribution in [0.5, 0.6) is 5.75 Å². The first-order valence-corrected chi connectivity index (χ1v) is 6.37. The van der Waals surface area contributed by atoms with Crippen molar-refractivity contribution in [1.29, 1.82) is 0 Å². The molecule has 0 heterocycles. The summed E-state index contributed by atoms with van der Waals surface area (Å²) >= 11 is 0. The molecule has 0 spiro atoms. The van der Waals surface area contributed by atoms with Gasteiger partial charge in [-0.15, -0.1) is 0 Å². The molecule has 18 heavy (non-hydrogen) atoms. The van der Waals surface area contributed by atoms with E-state index in [1.807, 2.05) is 6.92 Å². The quantitative estimate of drug-likeness (QED) is 0.768. The third-order valence-corrected chi connectivity index (χ3v) is 3.60. The molecule has 1 aromatic rings. The number of nitrogens with two attached hydrogens (primary N) is 1. The number of aromatic hydroxyl groups is 1. The molecule has 1 fully saturated rings. The Balaban J connectivity index is 1.96. The van der Waals surface area contributed by atoms with E-state index >= 15 is 0 Å². The van der Waals surface area contributed by atoms with E-state index < -0.39 is 0 Å². The van der Waals surface area contributed by atoms with Gasteiger partial charge in [-0.3, -0.25) is 4.79 Å². The topological polar surface area (TPSA) is 75.4 Å². The van der Waals surface area contributed by atoms with E-state index in [1.54, 1.807) is 18.2 Å². The van der Waals surface area contributed by atoms with Gasteiger partial charge in [-0.1, -0.05) is 18.9 Å². The minimum absolute atomic E-state index is 0.0809. The molecule has 4 N–H and O–H groups in total. The summed E-state index contributed by atoms with van der Waals surface area (Å²) in [6, 6.07) is 5.12. The van der Waals surface area contributed by atoms with E-state index in [0.29, 0.717) is 12.1 Å². The first-order valence-electron chi connectivity index (χ1n) is 6.37. The predicted molar refractivity (Wildman–Crippen MR) is 71.5 cm³/mol. The van der Waals surface area contributed by atoms with Gasteiger partial charge in [-0.2, -0.15) is 0 Å². The summed E-state index contributed by atoms with van der Waals surface area (Å²) in [6.45, 7) is 1.81. The second-order valence-corrected chi connectivity index (χ2v) is 5.30. The molecule has 4 heteroatoms. The number of phenols is 1. The molecule has 1 aliphatic carbocycles. The standard InChI is InChI=1S/C14H20N2O2/c1-10-4-5-11(8-12(10)17)16-13(18)9-14(15)6-2-3-7-14/h4-5,8,17H,2-3,6-7,9,15H2,1H3,(H,16,18). The number of hydrogen-bond acceptors (Lipinski definition) is 3. The lowest BCUT2D eigenvalue weighted by Crippen LogP contribution is -2.40.